The summed E-state index contributed by atoms with van der Waals surface area (Å²) in [7, 11) is 4.19. The zero-order chi connectivity index (χ0) is 14.3. The van der Waals surface area contributed by atoms with E-state index in [4.69, 9.17) is 5.73 Å². The normalized spacial score (nSPS) is 19.5. The van der Waals surface area contributed by atoms with Gasteiger partial charge in [0.05, 0.1) is 0 Å². The van der Waals surface area contributed by atoms with Crippen molar-refractivity contribution in [3.8, 4) is 0 Å². The molecule has 1 saturated carbocycles. The zero-order valence-electron chi connectivity index (χ0n) is 13.2. The molecule has 0 aliphatic heterocycles. The number of nitrogens with one attached hydrogen (secondary N) is 1. The average molecular weight is 268 g/mol. The number of hydrogen-bond donors (Lipinski definition) is 2. The van der Waals surface area contributed by atoms with Gasteiger partial charge in [0.2, 0.25) is 0 Å². The molecule has 19 heavy (non-hydrogen) atoms. The minimum atomic E-state index is 0.166. The van der Waals surface area contributed by atoms with Gasteiger partial charge < -0.3 is 16.0 Å². The molecule has 0 heterocycles. The van der Waals surface area contributed by atoms with E-state index in [0.717, 1.165) is 13.1 Å². The van der Waals surface area contributed by atoms with Gasteiger partial charge in [0.15, 0.2) is 5.96 Å². The molecule has 0 aromatic carbocycles. The van der Waals surface area contributed by atoms with E-state index in [1.807, 2.05) is 0 Å². The summed E-state index contributed by atoms with van der Waals surface area (Å²) in [6.45, 7) is 6.26. The van der Waals surface area contributed by atoms with Gasteiger partial charge in [-0.25, -0.2) is 0 Å². The lowest BCUT2D eigenvalue weighted by Crippen LogP contribution is -2.41. The van der Waals surface area contributed by atoms with Gasteiger partial charge in [-0.1, -0.05) is 39.5 Å². The maximum atomic E-state index is 6.02. The third-order valence-corrected chi connectivity index (χ3v) is 3.63. The quantitative estimate of drug-likeness (QED) is 0.456. The number of guanidine groups is 1. The van der Waals surface area contributed by atoms with Crippen molar-refractivity contribution in [1.82, 2.24) is 10.2 Å². The zero-order valence-corrected chi connectivity index (χ0v) is 13.2. The van der Waals surface area contributed by atoms with E-state index in [9.17, 15) is 0 Å². The van der Waals surface area contributed by atoms with Crippen LogP contribution in [0.1, 0.15) is 52.4 Å². The van der Waals surface area contributed by atoms with E-state index in [2.05, 4.69) is 43.2 Å². The van der Waals surface area contributed by atoms with Crippen molar-refractivity contribution >= 4 is 5.96 Å². The summed E-state index contributed by atoms with van der Waals surface area (Å²) in [6, 6.07) is 0.531. The first-order valence-corrected chi connectivity index (χ1v) is 7.60. The summed E-state index contributed by atoms with van der Waals surface area (Å²) in [6.07, 6.45) is 7.83. The Balaban J connectivity index is 2.38. The second kappa shape index (κ2) is 7.73. The van der Waals surface area contributed by atoms with Crippen LogP contribution in [0, 0.1) is 5.41 Å². The minimum Gasteiger partial charge on any atom is -0.370 e. The monoisotopic (exact) mass is 268 g/mol. The van der Waals surface area contributed by atoms with Crippen LogP contribution < -0.4 is 11.1 Å². The van der Waals surface area contributed by atoms with Crippen LogP contribution in [0.25, 0.3) is 0 Å². The van der Waals surface area contributed by atoms with Crippen LogP contribution in [-0.2, 0) is 0 Å². The molecule has 1 aliphatic rings. The predicted molar refractivity (Wildman–Crippen MR) is 83.5 cm³/mol. The van der Waals surface area contributed by atoms with Crippen molar-refractivity contribution in [2.75, 3.05) is 27.2 Å². The molecule has 0 saturated heterocycles. The summed E-state index contributed by atoms with van der Waals surface area (Å²) in [4.78, 5) is 6.73. The molecule has 0 atom stereocenters. The predicted octanol–water partition coefficient (Wildman–Crippen LogP) is 2.20. The molecule has 0 amide bonds. The van der Waals surface area contributed by atoms with Crippen molar-refractivity contribution in [3.05, 3.63) is 0 Å². The van der Waals surface area contributed by atoms with Gasteiger partial charge in [-0.2, -0.15) is 0 Å². The van der Waals surface area contributed by atoms with Gasteiger partial charge in [0, 0.05) is 19.1 Å². The summed E-state index contributed by atoms with van der Waals surface area (Å²) < 4.78 is 0. The molecular weight excluding hydrogens is 236 g/mol. The SMILES string of the molecule is CN(C)CC(C)(C)CN=C(N)NC1CCCCCC1. The topological polar surface area (TPSA) is 53.6 Å². The molecule has 0 spiro atoms. The molecule has 1 rings (SSSR count). The maximum Gasteiger partial charge on any atom is 0.188 e. The number of aliphatic imine (C=N–C) groups is 1. The van der Waals surface area contributed by atoms with E-state index < -0.39 is 0 Å². The fourth-order valence-electron chi connectivity index (χ4n) is 2.88. The van der Waals surface area contributed by atoms with Crippen molar-refractivity contribution in [1.29, 1.82) is 0 Å². The standard InChI is InChI=1S/C15H32N4/c1-15(2,12-19(3)4)11-17-14(16)18-13-9-7-5-6-8-10-13/h13H,5-12H2,1-4H3,(H3,16,17,18). The van der Waals surface area contributed by atoms with Gasteiger partial charge >= 0.3 is 0 Å². The molecule has 1 fully saturated rings. The largest absolute Gasteiger partial charge is 0.370 e. The number of nitrogens with zero attached hydrogens (tertiary/aromatic N) is 2. The van der Waals surface area contributed by atoms with Gasteiger partial charge in [0.25, 0.3) is 0 Å². The summed E-state index contributed by atoms with van der Waals surface area (Å²) in [5.74, 6) is 0.624. The molecule has 3 N–H and O–H groups in total. The fraction of sp³-hybridized carbons (Fsp3) is 0.933. The van der Waals surface area contributed by atoms with Gasteiger partial charge in [-0.15, -0.1) is 0 Å². The summed E-state index contributed by atoms with van der Waals surface area (Å²) in [5.41, 5.74) is 6.18. The molecular formula is C15H32N4. The highest BCUT2D eigenvalue weighted by Crippen LogP contribution is 2.18. The highest BCUT2D eigenvalue weighted by atomic mass is 15.1. The van der Waals surface area contributed by atoms with Crippen LogP contribution in [0.5, 0.6) is 0 Å². The lowest BCUT2D eigenvalue weighted by molar-refractivity contribution is 0.248. The second-order valence-corrected chi connectivity index (χ2v) is 6.94. The molecule has 4 heteroatoms. The molecule has 112 valence electrons. The molecule has 0 unspecified atom stereocenters. The van der Waals surface area contributed by atoms with Gasteiger partial charge in [-0.05, 0) is 32.4 Å². The Bertz CT molecular complexity index is 276. The second-order valence-electron chi connectivity index (χ2n) is 6.94. The van der Waals surface area contributed by atoms with E-state index in [1.54, 1.807) is 0 Å². The first-order valence-electron chi connectivity index (χ1n) is 7.60. The smallest absolute Gasteiger partial charge is 0.188 e. The van der Waals surface area contributed by atoms with E-state index in [-0.39, 0.29) is 5.41 Å². The molecule has 0 aromatic heterocycles. The Hall–Kier alpha value is -0.770. The Morgan fingerprint density at radius 3 is 2.32 bits per heavy atom. The highest BCUT2D eigenvalue weighted by Gasteiger charge is 2.19. The first kappa shape index (κ1) is 16.3. The third kappa shape index (κ3) is 7.41. The Morgan fingerprint density at radius 2 is 1.79 bits per heavy atom. The summed E-state index contributed by atoms with van der Waals surface area (Å²) >= 11 is 0. The average Bonchev–Trinajstić information content (AvgIpc) is 2.53. The van der Waals surface area contributed by atoms with Crippen LogP contribution in [0.2, 0.25) is 0 Å². The fourth-order valence-corrected chi connectivity index (χ4v) is 2.88. The number of rotatable bonds is 5. The van der Waals surface area contributed by atoms with Crippen molar-refractivity contribution in [2.24, 2.45) is 16.1 Å². The Kier molecular flexibility index (Phi) is 6.63. The maximum absolute atomic E-state index is 6.02. The van der Waals surface area contributed by atoms with Crippen molar-refractivity contribution < 1.29 is 0 Å². The van der Waals surface area contributed by atoms with Gasteiger partial charge in [-0.3, -0.25) is 4.99 Å². The van der Waals surface area contributed by atoms with Crippen molar-refractivity contribution in [3.63, 3.8) is 0 Å². The highest BCUT2D eigenvalue weighted by molar-refractivity contribution is 5.78. The molecule has 4 nitrogen and oxygen atoms in total. The number of nitrogens with two attached hydrogens (primary N) is 1. The third-order valence-electron chi connectivity index (χ3n) is 3.63. The number of hydrogen-bond acceptors (Lipinski definition) is 2. The van der Waals surface area contributed by atoms with Crippen LogP contribution in [0.3, 0.4) is 0 Å². The van der Waals surface area contributed by atoms with Crippen LogP contribution in [-0.4, -0.2) is 44.1 Å². The first-order chi connectivity index (χ1) is 8.89. The molecule has 1 aliphatic carbocycles. The van der Waals surface area contributed by atoms with E-state index in [1.165, 1.54) is 38.5 Å². The lowest BCUT2D eigenvalue weighted by Gasteiger charge is -2.26. The Morgan fingerprint density at radius 1 is 1.21 bits per heavy atom. The van der Waals surface area contributed by atoms with Crippen LogP contribution >= 0.6 is 0 Å². The van der Waals surface area contributed by atoms with Crippen LogP contribution in [0.15, 0.2) is 4.99 Å². The van der Waals surface area contributed by atoms with Crippen molar-refractivity contribution in [2.45, 2.75) is 58.4 Å². The summed E-state index contributed by atoms with van der Waals surface area (Å²) in [5, 5.41) is 3.40. The van der Waals surface area contributed by atoms with Gasteiger partial charge in [0.1, 0.15) is 0 Å². The Labute approximate surface area is 118 Å². The lowest BCUT2D eigenvalue weighted by atomic mass is 9.93. The van der Waals surface area contributed by atoms with E-state index >= 15 is 0 Å². The minimum absolute atomic E-state index is 0.166. The molecule has 0 aromatic rings. The van der Waals surface area contributed by atoms with E-state index in [0.29, 0.717) is 12.0 Å². The van der Waals surface area contributed by atoms with Crippen LogP contribution in [0.4, 0.5) is 0 Å². The molecule has 0 bridgehead atoms. The molecule has 0 radical (unpaired) electrons.